The molecular formula is C30H27N3O5. The van der Waals surface area contributed by atoms with E-state index in [4.69, 9.17) is 14.2 Å². The van der Waals surface area contributed by atoms with Gasteiger partial charge in [0.15, 0.2) is 11.5 Å². The van der Waals surface area contributed by atoms with Gasteiger partial charge in [-0.05, 0) is 42.3 Å². The maximum Gasteiger partial charge on any atom is 0.246 e. The Hall–Kier alpha value is -4.46. The molecule has 1 fully saturated rings. The predicted octanol–water partition coefficient (Wildman–Crippen LogP) is 4.18. The first-order valence-corrected chi connectivity index (χ1v) is 12.9. The third-order valence-corrected chi connectivity index (χ3v) is 7.67. The summed E-state index contributed by atoms with van der Waals surface area (Å²) in [6.07, 6.45) is 0.453. The summed E-state index contributed by atoms with van der Waals surface area (Å²) in [5, 5.41) is 1.08. The highest BCUT2D eigenvalue weighted by molar-refractivity contribution is 5.97. The normalized spacial score (nSPS) is 20.0. The molecule has 192 valence electrons. The van der Waals surface area contributed by atoms with Crippen LogP contribution in [0.4, 0.5) is 0 Å². The Bertz CT molecular complexity index is 1580. The molecule has 3 aromatic carbocycles. The molecule has 0 aliphatic carbocycles. The lowest BCUT2D eigenvalue weighted by Crippen LogP contribution is -2.62. The van der Waals surface area contributed by atoms with Crippen molar-refractivity contribution in [2.75, 3.05) is 19.9 Å². The molecule has 38 heavy (non-hydrogen) atoms. The fourth-order valence-electron chi connectivity index (χ4n) is 6.03. The van der Waals surface area contributed by atoms with Gasteiger partial charge in [0.1, 0.15) is 24.4 Å². The summed E-state index contributed by atoms with van der Waals surface area (Å²) in [6.45, 7) is 2.97. The van der Waals surface area contributed by atoms with E-state index in [0.29, 0.717) is 36.8 Å². The molecule has 0 radical (unpaired) electrons. The summed E-state index contributed by atoms with van der Waals surface area (Å²) in [5.41, 5.74) is 4.78. The van der Waals surface area contributed by atoms with E-state index >= 15 is 0 Å². The monoisotopic (exact) mass is 509 g/mol. The predicted molar refractivity (Wildman–Crippen MR) is 140 cm³/mol. The van der Waals surface area contributed by atoms with Crippen LogP contribution in [0.5, 0.6) is 17.2 Å². The summed E-state index contributed by atoms with van der Waals surface area (Å²) in [7, 11) is 0. The lowest BCUT2D eigenvalue weighted by atomic mass is 9.85. The minimum absolute atomic E-state index is 0.00659. The molecule has 0 bridgehead atoms. The van der Waals surface area contributed by atoms with Crippen molar-refractivity contribution in [3.8, 4) is 17.2 Å². The highest BCUT2D eigenvalue weighted by Crippen LogP contribution is 2.45. The van der Waals surface area contributed by atoms with Crippen LogP contribution in [0.15, 0.2) is 66.7 Å². The Balaban J connectivity index is 1.31. The van der Waals surface area contributed by atoms with Crippen molar-refractivity contribution >= 4 is 22.7 Å². The van der Waals surface area contributed by atoms with Gasteiger partial charge in [-0.1, -0.05) is 42.5 Å². The zero-order valence-electron chi connectivity index (χ0n) is 21.0. The van der Waals surface area contributed by atoms with Crippen molar-refractivity contribution in [3.63, 3.8) is 0 Å². The lowest BCUT2D eigenvalue weighted by Gasteiger charge is -2.47. The number of H-pyrrole nitrogens is 1. The number of aromatic amines is 1. The second kappa shape index (κ2) is 8.83. The number of nitrogens with one attached hydrogen (secondary N) is 1. The van der Waals surface area contributed by atoms with Gasteiger partial charge in [0, 0.05) is 35.1 Å². The molecule has 2 unspecified atom stereocenters. The summed E-state index contributed by atoms with van der Waals surface area (Å²) >= 11 is 0. The SMILES string of the molecule is CCOc1ccccc1C1c2[nH]c3ccccc3c2CC2C(=O)N(Cc3ccc4c(c3)OCO4)CC(=O)N21. The van der Waals surface area contributed by atoms with E-state index in [-0.39, 0.29) is 25.2 Å². The van der Waals surface area contributed by atoms with E-state index in [1.807, 2.05) is 67.6 Å². The van der Waals surface area contributed by atoms with E-state index < -0.39 is 12.1 Å². The van der Waals surface area contributed by atoms with Gasteiger partial charge in [0.2, 0.25) is 18.6 Å². The Kier molecular flexibility index (Phi) is 5.28. The van der Waals surface area contributed by atoms with Crippen molar-refractivity contribution in [3.05, 3.63) is 89.1 Å². The fourth-order valence-corrected chi connectivity index (χ4v) is 6.03. The molecule has 2 atom stereocenters. The number of hydrogen-bond acceptors (Lipinski definition) is 5. The van der Waals surface area contributed by atoms with Crippen LogP contribution in [0.3, 0.4) is 0 Å². The van der Waals surface area contributed by atoms with E-state index in [1.54, 1.807) is 9.80 Å². The Labute approximate surface area is 219 Å². The summed E-state index contributed by atoms with van der Waals surface area (Å²) in [5.74, 6) is 1.92. The third-order valence-electron chi connectivity index (χ3n) is 7.67. The zero-order chi connectivity index (χ0) is 25.8. The van der Waals surface area contributed by atoms with Crippen molar-refractivity contribution in [1.29, 1.82) is 0 Å². The Morgan fingerprint density at radius 1 is 1.00 bits per heavy atom. The number of amides is 2. The lowest BCUT2D eigenvalue weighted by molar-refractivity contribution is -0.159. The number of fused-ring (bicyclic) bond motifs is 5. The number of carbonyl (C=O) groups is 2. The smallest absolute Gasteiger partial charge is 0.246 e. The molecule has 4 aromatic rings. The van der Waals surface area contributed by atoms with Crippen molar-refractivity contribution in [2.24, 2.45) is 0 Å². The standard InChI is InChI=1S/C30H27N3O5/c1-2-36-24-10-6-4-8-20(24)29-28-21(19-7-3-5-9-22(19)31-28)14-23-30(35)32(16-27(34)33(23)29)15-18-11-12-25-26(13-18)38-17-37-25/h3-13,23,29,31H,2,14-17H2,1H3. The number of piperazine rings is 1. The van der Waals surface area contributed by atoms with Crippen molar-refractivity contribution < 1.29 is 23.8 Å². The first kappa shape index (κ1) is 22.7. The number of para-hydroxylation sites is 2. The van der Waals surface area contributed by atoms with Crippen LogP contribution in [0.1, 0.15) is 35.3 Å². The summed E-state index contributed by atoms with van der Waals surface area (Å²) < 4.78 is 16.9. The molecule has 3 aliphatic heterocycles. The Morgan fingerprint density at radius 2 is 1.82 bits per heavy atom. The van der Waals surface area contributed by atoms with E-state index in [2.05, 4.69) is 11.1 Å². The molecule has 1 saturated heterocycles. The number of ether oxygens (including phenoxy) is 3. The number of rotatable bonds is 5. The molecule has 0 spiro atoms. The maximum absolute atomic E-state index is 14.0. The topological polar surface area (TPSA) is 84.1 Å². The van der Waals surface area contributed by atoms with Crippen LogP contribution in [-0.2, 0) is 22.6 Å². The van der Waals surface area contributed by atoms with E-state index in [0.717, 1.165) is 33.3 Å². The molecule has 7 rings (SSSR count). The molecule has 4 heterocycles. The average Bonchev–Trinajstić information content (AvgIpc) is 3.55. The zero-order valence-corrected chi connectivity index (χ0v) is 21.0. The summed E-state index contributed by atoms with van der Waals surface area (Å²) in [4.78, 5) is 34.9. The first-order chi connectivity index (χ1) is 18.6. The van der Waals surface area contributed by atoms with Crippen LogP contribution in [0, 0.1) is 0 Å². The van der Waals surface area contributed by atoms with Crippen LogP contribution < -0.4 is 14.2 Å². The van der Waals surface area contributed by atoms with Gasteiger partial charge in [-0.2, -0.15) is 0 Å². The number of carbonyl (C=O) groups excluding carboxylic acids is 2. The largest absolute Gasteiger partial charge is 0.494 e. The quantitative estimate of drug-likeness (QED) is 0.436. The van der Waals surface area contributed by atoms with E-state index in [1.165, 1.54) is 0 Å². The average molecular weight is 510 g/mol. The van der Waals surface area contributed by atoms with Gasteiger partial charge in [-0.25, -0.2) is 0 Å². The molecular weight excluding hydrogens is 482 g/mol. The molecule has 0 saturated carbocycles. The molecule has 2 amide bonds. The highest BCUT2D eigenvalue weighted by Gasteiger charge is 2.48. The van der Waals surface area contributed by atoms with Gasteiger partial charge in [-0.15, -0.1) is 0 Å². The number of hydrogen-bond donors (Lipinski definition) is 1. The second-order valence-corrected chi connectivity index (χ2v) is 9.84. The second-order valence-electron chi connectivity index (χ2n) is 9.84. The van der Waals surface area contributed by atoms with Crippen molar-refractivity contribution in [2.45, 2.75) is 32.0 Å². The van der Waals surface area contributed by atoms with Crippen LogP contribution in [0.2, 0.25) is 0 Å². The number of nitrogens with zero attached hydrogens (tertiary/aromatic N) is 2. The van der Waals surface area contributed by atoms with Crippen LogP contribution in [-0.4, -0.2) is 52.6 Å². The summed E-state index contributed by atoms with van der Waals surface area (Å²) in [6, 6.07) is 20.5. The fraction of sp³-hybridized carbons (Fsp3) is 0.267. The minimum atomic E-state index is -0.614. The molecule has 3 aliphatic rings. The van der Waals surface area contributed by atoms with Gasteiger partial charge in [-0.3, -0.25) is 9.59 Å². The molecule has 8 heteroatoms. The van der Waals surface area contributed by atoms with Crippen LogP contribution in [0.25, 0.3) is 10.9 Å². The van der Waals surface area contributed by atoms with Gasteiger partial charge >= 0.3 is 0 Å². The van der Waals surface area contributed by atoms with Gasteiger partial charge < -0.3 is 29.0 Å². The first-order valence-electron chi connectivity index (χ1n) is 12.9. The molecule has 1 N–H and O–H groups in total. The minimum Gasteiger partial charge on any atom is -0.494 e. The van der Waals surface area contributed by atoms with Crippen molar-refractivity contribution in [1.82, 2.24) is 14.8 Å². The number of benzene rings is 3. The van der Waals surface area contributed by atoms with Gasteiger partial charge in [0.05, 0.1) is 6.61 Å². The van der Waals surface area contributed by atoms with E-state index in [9.17, 15) is 9.59 Å². The molecule has 8 nitrogen and oxygen atoms in total. The third kappa shape index (κ3) is 3.51. The maximum atomic E-state index is 14.0. The van der Waals surface area contributed by atoms with Crippen LogP contribution >= 0.6 is 0 Å². The molecule has 1 aromatic heterocycles. The highest BCUT2D eigenvalue weighted by atomic mass is 16.7. The number of aromatic nitrogens is 1. The Morgan fingerprint density at radius 3 is 2.71 bits per heavy atom. The van der Waals surface area contributed by atoms with Gasteiger partial charge in [0.25, 0.3) is 0 Å².